The van der Waals surface area contributed by atoms with E-state index in [1.54, 1.807) is 6.07 Å². The fourth-order valence-electron chi connectivity index (χ4n) is 2.84. The fraction of sp³-hybridized carbons (Fsp3) is 0.462. The zero-order valence-corrected chi connectivity index (χ0v) is 9.53. The highest BCUT2D eigenvalue weighted by molar-refractivity contribution is 5.89. The van der Waals surface area contributed by atoms with E-state index in [0.29, 0.717) is 5.56 Å². The van der Waals surface area contributed by atoms with E-state index in [9.17, 15) is 4.79 Å². The van der Waals surface area contributed by atoms with Crippen molar-refractivity contribution in [2.45, 2.75) is 18.3 Å². The van der Waals surface area contributed by atoms with Crippen molar-refractivity contribution in [3.8, 4) is 0 Å². The van der Waals surface area contributed by atoms with Gasteiger partial charge >= 0.3 is 5.97 Å². The summed E-state index contributed by atoms with van der Waals surface area (Å²) in [5.74, 6) is -0.859. The van der Waals surface area contributed by atoms with Crippen LogP contribution in [0, 0.1) is 0 Å². The summed E-state index contributed by atoms with van der Waals surface area (Å²) < 4.78 is 5.40. The molecule has 4 heteroatoms. The van der Waals surface area contributed by atoms with E-state index < -0.39 is 5.97 Å². The highest BCUT2D eigenvalue weighted by Crippen LogP contribution is 2.43. The molecule has 0 atom stereocenters. The second-order valence-corrected chi connectivity index (χ2v) is 4.81. The number of carbonyl (C=O) groups is 1. The average Bonchev–Trinajstić information content (AvgIpc) is 2.69. The standard InChI is InChI=1S/C13H15NO3/c15-12(16)9-1-2-11-10(7-9)13(8-14-11)3-5-17-6-4-13/h1-2,7,14H,3-6,8H2,(H,15,16). The third kappa shape index (κ3) is 1.60. The molecule has 2 aliphatic rings. The Balaban J connectivity index is 2.04. The van der Waals surface area contributed by atoms with Crippen molar-refractivity contribution in [2.24, 2.45) is 0 Å². The van der Waals surface area contributed by atoms with E-state index in [1.165, 1.54) is 0 Å². The summed E-state index contributed by atoms with van der Waals surface area (Å²) in [7, 11) is 0. The van der Waals surface area contributed by atoms with Crippen LogP contribution in [0.2, 0.25) is 0 Å². The van der Waals surface area contributed by atoms with Crippen molar-refractivity contribution in [1.29, 1.82) is 0 Å². The van der Waals surface area contributed by atoms with Crippen molar-refractivity contribution in [3.63, 3.8) is 0 Å². The molecule has 2 N–H and O–H groups in total. The van der Waals surface area contributed by atoms with E-state index in [4.69, 9.17) is 9.84 Å². The smallest absolute Gasteiger partial charge is 0.335 e. The van der Waals surface area contributed by atoms with Gasteiger partial charge in [0, 0.05) is 30.9 Å². The van der Waals surface area contributed by atoms with Crippen LogP contribution in [0.1, 0.15) is 28.8 Å². The topological polar surface area (TPSA) is 58.6 Å². The van der Waals surface area contributed by atoms with Crippen LogP contribution in [0.4, 0.5) is 5.69 Å². The van der Waals surface area contributed by atoms with Gasteiger partial charge in [0.2, 0.25) is 0 Å². The van der Waals surface area contributed by atoms with Crippen LogP contribution in [-0.2, 0) is 10.2 Å². The third-order valence-electron chi connectivity index (χ3n) is 3.91. The van der Waals surface area contributed by atoms with Crippen molar-refractivity contribution in [2.75, 3.05) is 25.1 Å². The Morgan fingerprint density at radius 3 is 2.82 bits per heavy atom. The molecule has 1 saturated heterocycles. The number of hydrogen-bond donors (Lipinski definition) is 2. The first-order valence-electron chi connectivity index (χ1n) is 5.91. The Labute approximate surface area is 99.6 Å². The highest BCUT2D eigenvalue weighted by Gasteiger charge is 2.40. The van der Waals surface area contributed by atoms with Crippen LogP contribution in [0.3, 0.4) is 0 Å². The molecule has 1 aromatic carbocycles. The van der Waals surface area contributed by atoms with Crippen LogP contribution in [0.15, 0.2) is 18.2 Å². The van der Waals surface area contributed by atoms with Gasteiger partial charge in [-0.3, -0.25) is 0 Å². The van der Waals surface area contributed by atoms with E-state index in [-0.39, 0.29) is 5.41 Å². The first-order chi connectivity index (χ1) is 8.21. The summed E-state index contributed by atoms with van der Waals surface area (Å²) in [6.45, 7) is 2.42. The Hall–Kier alpha value is -1.55. The summed E-state index contributed by atoms with van der Waals surface area (Å²) in [6, 6.07) is 5.36. The third-order valence-corrected chi connectivity index (χ3v) is 3.91. The molecule has 0 radical (unpaired) electrons. The molecular weight excluding hydrogens is 218 g/mol. The highest BCUT2D eigenvalue weighted by atomic mass is 16.5. The van der Waals surface area contributed by atoms with Crippen molar-refractivity contribution < 1.29 is 14.6 Å². The molecule has 1 fully saturated rings. The van der Waals surface area contributed by atoms with Crippen LogP contribution >= 0.6 is 0 Å². The molecule has 0 aromatic heterocycles. The lowest BCUT2D eigenvalue weighted by molar-refractivity contribution is 0.0566. The van der Waals surface area contributed by atoms with Crippen LogP contribution in [-0.4, -0.2) is 30.8 Å². The molecule has 0 saturated carbocycles. The lowest BCUT2D eigenvalue weighted by atomic mass is 9.75. The van der Waals surface area contributed by atoms with Crippen molar-refractivity contribution in [3.05, 3.63) is 29.3 Å². The molecule has 1 aromatic rings. The number of carboxylic acid groups (broad SMARTS) is 1. The Bertz CT molecular complexity index is 458. The maximum atomic E-state index is 11.0. The second-order valence-electron chi connectivity index (χ2n) is 4.81. The Morgan fingerprint density at radius 1 is 1.35 bits per heavy atom. The van der Waals surface area contributed by atoms with Gasteiger partial charge in [-0.15, -0.1) is 0 Å². The summed E-state index contributed by atoms with van der Waals surface area (Å²) in [6.07, 6.45) is 1.94. The number of fused-ring (bicyclic) bond motifs is 2. The fourth-order valence-corrected chi connectivity index (χ4v) is 2.84. The number of anilines is 1. The minimum atomic E-state index is -0.859. The first-order valence-corrected chi connectivity index (χ1v) is 5.91. The van der Waals surface area contributed by atoms with E-state index in [2.05, 4.69) is 5.32 Å². The number of benzene rings is 1. The van der Waals surface area contributed by atoms with E-state index in [1.807, 2.05) is 12.1 Å². The van der Waals surface area contributed by atoms with Crippen LogP contribution < -0.4 is 5.32 Å². The SMILES string of the molecule is O=C(O)c1ccc2c(c1)C1(CCOCC1)CN2. The molecule has 3 rings (SSSR count). The van der Waals surface area contributed by atoms with E-state index in [0.717, 1.165) is 43.9 Å². The normalized spacial score (nSPS) is 20.9. The largest absolute Gasteiger partial charge is 0.478 e. The minimum absolute atomic E-state index is 0.0824. The molecule has 0 unspecified atom stereocenters. The molecular formula is C13H15NO3. The summed E-state index contributed by atoms with van der Waals surface area (Å²) in [5, 5.41) is 12.4. The number of hydrogen-bond acceptors (Lipinski definition) is 3. The van der Waals surface area contributed by atoms with Gasteiger partial charge in [-0.05, 0) is 36.6 Å². The maximum absolute atomic E-state index is 11.0. The molecule has 0 amide bonds. The molecule has 17 heavy (non-hydrogen) atoms. The van der Waals surface area contributed by atoms with E-state index >= 15 is 0 Å². The van der Waals surface area contributed by atoms with Crippen molar-refractivity contribution in [1.82, 2.24) is 0 Å². The first kappa shape index (κ1) is 10.6. The number of aromatic carboxylic acids is 1. The molecule has 2 heterocycles. The summed E-state index contributed by atoms with van der Waals surface area (Å²) >= 11 is 0. The summed E-state index contributed by atoms with van der Waals surface area (Å²) in [5.41, 5.74) is 2.69. The molecule has 0 aliphatic carbocycles. The molecule has 2 aliphatic heterocycles. The quantitative estimate of drug-likeness (QED) is 0.777. The monoisotopic (exact) mass is 233 g/mol. The maximum Gasteiger partial charge on any atom is 0.335 e. The molecule has 1 spiro atoms. The van der Waals surface area contributed by atoms with Crippen LogP contribution in [0.5, 0.6) is 0 Å². The molecule has 4 nitrogen and oxygen atoms in total. The van der Waals surface area contributed by atoms with Crippen LogP contribution in [0.25, 0.3) is 0 Å². The predicted octanol–water partition coefficient (Wildman–Crippen LogP) is 1.86. The number of rotatable bonds is 1. The molecule has 0 bridgehead atoms. The number of nitrogens with one attached hydrogen (secondary N) is 1. The van der Waals surface area contributed by atoms with Gasteiger partial charge in [0.25, 0.3) is 0 Å². The van der Waals surface area contributed by atoms with Gasteiger partial charge < -0.3 is 15.2 Å². The van der Waals surface area contributed by atoms with Crippen molar-refractivity contribution >= 4 is 11.7 Å². The lowest BCUT2D eigenvalue weighted by Gasteiger charge is -2.33. The summed E-state index contributed by atoms with van der Waals surface area (Å²) in [4.78, 5) is 11.0. The number of carboxylic acids is 1. The average molecular weight is 233 g/mol. The van der Waals surface area contributed by atoms with Gasteiger partial charge in [0.15, 0.2) is 0 Å². The van der Waals surface area contributed by atoms with Gasteiger partial charge in [0.05, 0.1) is 5.56 Å². The molecule has 90 valence electrons. The van der Waals surface area contributed by atoms with Gasteiger partial charge in [-0.1, -0.05) is 0 Å². The predicted molar refractivity (Wildman–Crippen MR) is 63.6 cm³/mol. The second kappa shape index (κ2) is 3.74. The van der Waals surface area contributed by atoms with Gasteiger partial charge in [0.1, 0.15) is 0 Å². The Morgan fingerprint density at radius 2 is 2.12 bits per heavy atom. The zero-order valence-electron chi connectivity index (χ0n) is 9.53. The zero-order chi connectivity index (χ0) is 11.9. The van der Waals surface area contributed by atoms with Gasteiger partial charge in [-0.25, -0.2) is 4.79 Å². The van der Waals surface area contributed by atoms with Gasteiger partial charge in [-0.2, -0.15) is 0 Å². The Kier molecular flexibility index (Phi) is 2.33. The number of ether oxygens (including phenoxy) is 1. The minimum Gasteiger partial charge on any atom is -0.478 e. The lowest BCUT2D eigenvalue weighted by Crippen LogP contribution is -2.35.